The minimum absolute atomic E-state index is 0.0781. The third-order valence-corrected chi connectivity index (χ3v) is 7.98. The number of hydrogen-bond acceptors (Lipinski definition) is 11. The number of carbonyl (C=O) groups is 5. The highest BCUT2D eigenvalue weighted by Gasteiger charge is 2.64. The summed E-state index contributed by atoms with van der Waals surface area (Å²) < 4.78 is 35.8. The van der Waals surface area contributed by atoms with Crippen LogP contribution in [0.3, 0.4) is 0 Å². The van der Waals surface area contributed by atoms with Gasteiger partial charge in [0, 0.05) is 0 Å². The molecule has 0 aliphatic carbocycles. The fourth-order valence-corrected chi connectivity index (χ4v) is 5.36. The number of amides is 1. The van der Waals surface area contributed by atoms with Crippen LogP contribution in [0.4, 0.5) is 0 Å². The maximum Gasteiger partial charge on any atom is 0.338 e. The molecule has 0 aromatic heterocycles. The number of carbonyl (C=O) groups excluding carboxylic acids is 5. The molecule has 2 N–H and O–H groups in total. The molecule has 4 aromatic rings. The third-order valence-electron chi connectivity index (χ3n) is 7.98. The first-order chi connectivity index (χ1) is 24.7. The monoisotopic (exact) mass is 695 g/mol. The average molecular weight is 696 g/mol. The van der Waals surface area contributed by atoms with E-state index < -0.39 is 66.6 Å². The molecule has 0 spiro atoms. The van der Waals surface area contributed by atoms with Crippen molar-refractivity contribution in [1.82, 2.24) is 0 Å². The Morgan fingerprint density at radius 3 is 1.45 bits per heavy atom. The molecular formula is C39H37NO11. The summed E-state index contributed by atoms with van der Waals surface area (Å²) in [5.41, 5.74) is 6.50. The first-order valence-electron chi connectivity index (χ1n) is 16.4. The number of hydrogen-bond donors (Lipinski definition) is 1. The molecule has 1 fully saturated rings. The van der Waals surface area contributed by atoms with E-state index in [1.54, 1.807) is 72.8 Å². The van der Waals surface area contributed by atoms with Crippen molar-refractivity contribution >= 4 is 29.8 Å². The Kier molecular flexibility index (Phi) is 12.3. The summed E-state index contributed by atoms with van der Waals surface area (Å²) in [6, 6.07) is 31.7. The summed E-state index contributed by atoms with van der Waals surface area (Å²) in [5.74, 6) is -7.36. The van der Waals surface area contributed by atoms with E-state index >= 15 is 0 Å². The number of unbranched alkanes of at least 4 members (excludes halogenated alkanes) is 1. The van der Waals surface area contributed by atoms with Crippen molar-refractivity contribution in [2.75, 3.05) is 13.2 Å². The van der Waals surface area contributed by atoms with Gasteiger partial charge in [-0.3, -0.25) is 4.79 Å². The molecule has 1 heterocycles. The van der Waals surface area contributed by atoms with E-state index in [1.807, 2.05) is 6.92 Å². The van der Waals surface area contributed by atoms with Gasteiger partial charge in [0.2, 0.25) is 6.10 Å². The van der Waals surface area contributed by atoms with Gasteiger partial charge in [-0.25, -0.2) is 19.2 Å². The molecule has 0 bridgehead atoms. The Balaban J connectivity index is 1.63. The standard InChI is InChI=1S/C39H37NO11/c1-2-3-24-47-39(38(40)45)33(50-37(44)29-22-14-7-15-23-29)32(49-36(43)28-20-12-6-13-21-28)31(48-35(42)27-18-10-5-11-19-27)30(51-39)25-46-34(41)26-16-8-4-9-17-26/h4-23,30-33H,2-3,24-25H2,1H3,(H2,40,45)/t30-,31+,32+,33-,39+/m1/s1. The van der Waals surface area contributed by atoms with Gasteiger partial charge >= 0.3 is 23.9 Å². The van der Waals surface area contributed by atoms with Crippen LogP contribution in [0.5, 0.6) is 0 Å². The molecular weight excluding hydrogens is 658 g/mol. The zero-order chi connectivity index (χ0) is 36.2. The summed E-state index contributed by atoms with van der Waals surface area (Å²) in [4.78, 5) is 67.7. The molecule has 0 unspecified atom stereocenters. The molecule has 1 aliphatic rings. The van der Waals surface area contributed by atoms with Crippen LogP contribution in [-0.2, 0) is 33.2 Å². The van der Waals surface area contributed by atoms with Crippen molar-refractivity contribution in [3.63, 3.8) is 0 Å². The summed E-state index contributed by atoms with van der Waals surface area (Å²) in [5, 5.41) is 0. The lowest BCUT2D eigenvalue weighted by Crippen LogP contribution is -2.72. The lowest BCUT2D eigenvalue weighted by Gasteiger charge is -2.49. The van der Waals surface area contributed by atoms with Crippen molar-refractivity contribution in [3.8, 4) is 0 Å². The van der Waals surface area contributed by atoms with Gasteiger partial charge < -0.3 is 34.2 Å². The molecule has 264 valence electrons. The minimum atomic E-state index is -2.61. The maximum atomic E-state index is 13.7. The van der Waals surface area contributed by atoms with E-state index in [9.17, 15) is 24.0 Å². The second kappa shape index (κ2) is 17.2. The predicted octanol–water partition coefficient (Wildman–Crippen LogP) is 4.92. The summed E-state index contributed by atoms with van der Waals surface area (Å²) >= 11 is 0. The number of ether oxygens (including phenoxy) is 6. The van der Waals surface area contributed by atoms with Gasteiger partial charge in [0.15, 0.2) is 12.2 Å². The van der Waals surface area contributed by atoms with Gasteiger partial charge in [-0.2, -0.15) is 0 Å². The number of esters is 4. The Morgan fingerprint density at radius 2 is 1.02 bits per heavy atom. The quantitative estimate of drug-likeness (QED) is 0.108. The molecule has 12 heteroatoms. The third kappa shape index (κ3) is 8.85. The van der Waals surface area contributed by atoms with E-state index in [0.717, 1.165) is 0 Å². The first kappa shape index (κ1) is 36.4. The minimum Gasteiger partial charge on any atom is -0.459 e. The average Bonchev–Trinajstić information content (AvgIpc) is 3.17. The van der Waals surface area contributed by atoms with Gasteiger partial charge in [0.05, 0.1) is 28.9 Å². The lowest BCUT2D eigenvalue weighted by atomic mass is 9.90. The summed E-state index contributed by atoms with van der Waals surface area (Å²) in [7, 11) is 0. The highest BCUT2D eigenvalue weighted by molar-refractivity contribution is 5.92. The van der Waals surface area contributed by atoms with Crippen LogP contribution < -0.4 is 5.73 Å². The van der Waals surface area contributed by atoms with E-state index in [4.69, 9.17) is 34.2 Å². The van der Waals surface area contributed by atoms with Crippen molar-refractivity contribution in [1.29, 1.82) is 0 Å². The van der Waals surface area contributed by atoms with Crippen LogP contribution in [0.2, 0.25) is 0 Å². The number of rotatable bonds is 14. The van der Waals surface area contributed by atoms with Crippen molar-refractivity contribution in [2.24, 2.45) is 5.73 Å². The van der Waals surface area contributed by atoms with E-state index in [-0.39, 0.29) is 28.9 Å². The highest BCUT2D eigenvalue weighted by Crippen LogP contribution is 2.38. The zero-order valence-electron chi connectivity index (χ0n) is 27.8. The van der Waals surface area contributed by atoms with E-state index in [1.165, 1.54) is 48.5 Å². The Bertz CT molecular complexity index is 1790. The molecule has 5 rings (SSSR count). The van der Waals surface area contributed by atoms with Gasteiger partial charge in [0.25, 0.3) is 11.7 Å². The SMILES string of the molecule is CCCCO[C@]1(C(N)=O)O[C@H](COC(=O)c2ccccc2)[C@H](OC(=O)c2ccccc2)[C@H](OC(=O)c2ccccc2)[C@H]1OC(=O)c1ccccc1. The summed E-state index contributed by atoms with van der Waals surface area (Å²) in [6.45, 7) is 1.14. The van der Waals surface area contributed by atoms with Crippen molar-refractivity contribution < 1.29 is 52.4 Å². The maximum absolute atomic E-state index is 13.7. The lowest BCUT2D eigenvalue weighted by molar-refractivity contribution is -0.342. The van der Waals surface area contributed by atoms with Crippen LogP contribution in [0.25, 0.3) is 0 Å². The molecule has 51 heavy (non-hydrogen) atoms. The van der Waals surface area contributed by atoms with Crippen LogP contribution in [-0.4, -0.2) is 73.2 Å². The van der Waals surface area contributed by atoms with E-state index in [2.05, 4.69) is 0 Å². The Morgan fingerprint density at radius 1 is 0.608 bits per heavy atom. The molecule has 0 radical (unpaired) electrons. The number of nitrogens with two attached hydrogens (primary N) is 1. The number of benzene rings is 4. The van der Waals surface area contributed by atoms with Crippen LogP contribution in [0, 0.1) is 0 Å². The molecule has 4 aromatic carbocycles. The van der Waals surface area contributed by atoms with Crippen LogP contribution in [0.1, 0.15) is 61.2 Å². The van der Waals surface area contributed by atoms with Crippen molar-refractivity contribution in [3.05, 3.63) is 144 Å². The largest absolute Gasteiger partial charge is 0.459 e. The first-order valence-corrected chi connectivity index (χ1v) is 16.4. The van der Waals surface area contributed by atoms with Crippen LogP contribution in [0.15, 0.2) is 121 Å². The Labute approximate surface area is 294 Å². The van der Waals surface area contributed by atoms with Crippen LogP contribution >= 0.6 is 0 Å². The molecule has 1 amide bonds. The Hall–Kier alpha value is -5.85. The molecule has 0 saturated carbocycles. The topological polar surface area (TPSA) is 167 Å². The predicted molar refractivity (Wildman–Crippen MR) is 181 cm³/mol. The van der Waals surface area contributed by atoms with Gasteiger partial charge in [-0.1, -0.05) is 86.1 Å². The fraction of sp³-hybridized carbons (Fsp3) is 0.256. The molecule has 12 nitrogen and oxygen atoms in total. The summed E-state index contributed by atoms with van der Waals surface area (Å²) in [6.07, 6.45) is -5.86. The molecule has 5 atom stereocenters. The number of primary amides is 1. The molecule has 1 saturated heterocycles. The zero-order valence-corrected chi connectivity index (χ0v) is 27.8. The normalized spacial score (nSPS) is 21.1. The highest BCUT2D eigenvalue weighted by atomic mass is 16.8. The van der Waals surface area contributed by atoms with E-state index in [0.29, 0.717) is 12.8 Å². The fourth-order valence-electron chi connectivity index (χ4n) is 5.36. The second-order valence-electron chi connectivity index (χ2n) is 11.5. The molecule has 1 aliphatic heterocycles. The van der Waals surface area contributed by atoms with Gasteiger partial charge in [-0.05, 0) is 55.0 Å². The van der Waals surface area contributed by atoms with Gasteiger partial charge in [-0.15, -0.1) is 0 Å². The van der Waals surface area contributed by atoms with Crippen molar-refractivity contribution in [2.45, 2.75) is 50.0 Å². The second-order valence-corrected chi connectivity index (χ2v) is 11.5. The van der Waals surface area contributed by atoms with Gasteiger partial charge in [0.1, 0.15) is 12.7 Å². The smallest absolute Gasteiger partial charge is 0.338 e.